The summed E-state index contributed by atoms with van der Waals surface area (Å²) in [4.78, 5) is 58.2. The molecule has 0 spiro atoms. The van der Waals surface area contributed by atoms with E-state index in [1.807, 2.05) is 12.1 Å². The Kier molecular flexibility index (Phi) is 21.3. The van der Waals surface area contributed by atoms with Crippen LogP contribution in [0.4, 0.5) is 17.6 Å². The van der Waals surface area contributed by atoms with E-state index in [9.17, 15) is 41.5 Å². The van der Waals surface area contributed by atoms with Crippen molar-refractivity contribution in [1.82, 2.24) is 0 Å². The summed E-state index contributed by atoms with van der Waals surface area (Å²) in [5.74, 6) is -6.00. The minimum Gasteiger partial charge on any atom is -0.423 e. The number of carbonyl (C=O) groups is 5. The number of esters is 5. The lowest BCUT2D eigenvalue weighted by atomic mass is 10.0. The minimum atomic E-state index is -1.03. The van der Waals surface area contributed by atoms with Crippen LogP contribution in [-0.2, 0) is 30.4 Å². The number of rotatable bonds is 17. The zero-order valence-electron chi connectivity index (χ0n) is 42.6. The number of halogens is 4. The molecule has 0 saturated heterocycles. The second-order valence-corrected chi connectivity index (χ2v) is 17.1. The van der Waals surface area contributed by atoms with Crippen LogP contribution in [-0.4, -0.2) is 29.8 Å². The van der Waals surface area contributed by atoms with Crippen LogP contribution in [0.3, 0.4) is 0 Å². The average molecular weight is 1030 g/mol. The number of ether oxygens (including phenoxy) is 5. The first-order chi connectivity index (χ1) is 35.4. The van der Waals surface area contributed by atoms with Gasteiger partial charge in [-0.3, -0.25) is 0 Å². The van der Waals surface area contributed by atoms with Crippen molar-refractivity contribution >= 4 is 46.7 Å². The number of benzene rings is 6. The Morgan fingerprint density at radius 1 is 0.467 bits per heavy atom. The van der Waals surface area contributed by atoms with Crippen LogP contribution >= 0.6 is 0 Å². The van der Waals surface area contributed by atoms with Gasteiger partial charge in [0.05, 0.1) is 5.39 Å². The maximum Gasteiger partial charge on any atom is 0.338 e. The van der Waals surface area contributed by atoms with Gasteiger partial charge in [-0.25, -0.2) is 41.5 Å². The molecule has 75 heavy (non-hydrogen) atoms. The fraction of sp³-hybridized carbons (Fsp3) is 0.164. The molecule has 6 aromatic carbocycles. The Morgan fingerprint density at radius 3 is 1.49 bits per heavy atom. The number of hydrogen-bond acceptors (Lipinski definition) is 10. The molecule has 0 N–H and O–H groups in total. The van der Waals surface area contributed by atoms with Gasteiger partial charge < -0.3 is 23.7 Å². The maximum atomic E-state index is 14.4. The maximum absolute atomic E-state index is 14.4. The molecule has 10 nitrogen and oxygen atoms in total. The summed E-state index contributed by atoms with van der Waals surface area (Å²) in [5, 5.41) is -0.232. The van der Waals surface area contributed by atoms with E-state index in [0.29, 0.717) is 33.6 Å². The molecule has 0 unspecified atom stereocenters. The molecule has 0 aliphatic carbocycles. The molecule has 0 aliphatic heterocycles. The first-order valence-electron chi connectivity index (χ1n) is 23.2. The highest BCUT2D eigenvalue weighted by Gasteiger charge is 2.20. The van der Waals surface area contributed by atoms with Gasteiger partial charge in [0.15, 0.2) is 23.1 Å². The SMILES string of the molecule is C=C(C)C(=O)Oc1cc(F)c2c(F)c(OC(=O)C(=C)C)ccc2c1.C=C(C)C(=O)Oc1ccc(-c2ccc(CCCCC)cc2F)cc1.C=Cc1ccc(-c2ccc(OC(=O)C(=C)C)c(OC(=O)C(=C)C)c2)cc1F. The Morgan fingerprint density at radius 2 is 0.960 bits per heavy atom. The number of hydrogen-bond donors (Lipinski definition) is 0. The summed E-state index contributed by atoms with van der Waals surface area (Å²) in [5.41, 5.74) is 4.76. The Labute approximate surface area is 433 Å². The zero-order valence-corrected chi connectivity index (χ0v) is 42.6. The quantitative estimate of drug-likeness (QED) is 0.0286. The molecule has 0 amide bonds. The standard InChI is InChI=1S/C22H19FO4.C21H23FO2.C18H14F2O4/c1-6-15-7-8-16(11-18(15)23)17-9-10-19(26-21(24)13(2)3)20(12-17)27-22(25)14(4)5;1-4-5-6-7-16-8-13-19(20(22)14-16)17-9-11-18(12-10-17)24-21(23)15(2)3;1-9(2)17(21)23-12-7-11-5-6-14(24-18(22)10(3)4)16(20)15(11)13(19)8-12/h6-12H,1-2,4H2,3,5H3;8-14H,2,4-7H2,1,3H3;5-8H,1,3H2,2,4H3. The van der Waals surface area contributed by atoms with Gasteiger partial charge in [-0.15, -0.1) is 0 Å². The van der Waals surface area contributed by atoms with Gasteiger partial charge in [0.2, 0.25) is 0 Å². The van der Waals surface area contributed by atoms with Crippen molar-refractivity contribution < 1.29 is 65.2 Å². The van der Waals surface area contributed by atoms with Gasteiger partial charge in [-0.2, -0.15) is 0 Å². The average Bonchev–Trinajstić information content (AvgIpc) is 3.35. The van der Waals surface area contributed by atoms with E-state index in [2.05, 4.69) is 46.4 Å². The highest BCUT2D eigenvalue weighted by molar-refractivity contribution is 5.94. The van der Waals surface area contributed by atoms with E-state index in [1.54, 1.807) is 55.5 Å². The van der Waals surface area contributed by atoms with Gasteiger partial charge in [-0.1, -0.05) is 114 Å². The lowest BCUT2D eigenvalue weighted by Gasteiger charge is -2.13. The van der Waals surface area contributed by atoms with Crippen LogP contribution in [0.5, 0.6) is 28.7 Å². The molecule has 0 aliphatic rings. The van der Waals surface area contributed by atoms with Gasteiger partial charge >= 0.3 is 29.8 Å². The molecule has 0 fully saturated rings. The van der Waals surface area contributed by atoms with Crippen molar-refractivity contribution in [2.45, 2.75) is 67.2 Å². The van der Waals surface area contributed by atoms with E-state index in [-0.39, 0.29) is 56.1 Å². The lowest BCUT2D eigenvalue weighted by Crippen LogP contribution is -2.12. The Hall–Kier alpha value is -8.91. The highest BCUT2D eigenvalue weighted by Crippen LogP contribution is 2.35. The third-order valence-corrected chi connectivity index (χ3v) is 10.5. The van der Waals surface area contributed by atoms with E-state index in [1.165, 1.54) is 70.2 Å². The Balaban J connectivity index is 0.000000244. The molecule has 388 valence electrons. The molecule has 0 saturated carbocycles. The van der Waals surface area contributed by atoms with Gasteiger partial charge in [0.1, 0.15) is 29.0 Å². The van der Waals surface area contributed by atoms with Crippen LogP contribution in [0.2, 0.25) is 0 Å². The largest absolute Gasteiger partial charge is 0.423 e. The zero-order chi connectivity index (χ0) is 55.7. The molecule has 0 heterocycles. The van der Waals surface area contributed by atoms with E-state index in [4.69, 9.17) is 23.7 Å². The molecule has 0 radical (unpaired) electrons. The summed E-state index contributed by atoms with van der Waals surface area (Å²) in [6.07, 6.45) is 5.72. The predicted molar refractivity (Wildman–Crippen MR) is 283 cm³/mol. The van der Waals surface area contributed by atoms with Crippen molar-refractivity contribution in [3.63, 3.8) is 0 Å². The third-order valence-electron chi connectivity index (χ3n) is 10.5. The summed E-state index contributed by atoms with van der Waals surface area (Å²) >= 11 is 0. The molecule has 6 rings (SSSR count). The Bertz CT molecular complexity index is 3240. The van der Waals surface area contributed by atoms with E-state index >= 15 is 0 Å². The second-order valence-electron chi connectivity index (χ2n) is 17.1. The summed E-state index contributed by atoms with van der Waals surface area (Å²) < 4.78 is 82.4. The van der Waals surface area contributed by atoms with E-state index < -0.39 is 53.0 Å². The molecule has 14 heteroatoms. The van der Waals surface area contributed by atoms with Gasteiger partial charge in [0, 0.05) is 45.1 Å². The van der Waals surface area contributed by atoms with Crippen molar-refractivity contribution in [1.29, 1.82) is 0 Å². The third kappa shape index (κ3) is 16.8. The number of aryl methyl sites for hydroxylation is 1. The second kappa shape index (κ2) is 27.2. The number of unbranched alkanes of at least 4 members (excludes halogenated alkanes) is 2. The van der Waals surface area contributed by atoms with Crippen molar-refractivity contribution in [2.24, 2.45) is 0 Å². The van der Waals surface area contributed by atoms with Crippen LogP contribution in [0.15, 0.2) is 170 Å². The van der Waals surface area contributed by atoms with Crippen LogP contribution < -0.4 is 23.7 Å². The monoisotopic (exact) mass is 1020 g/mol. The summed E-state index contributed by atoms with van der Waals surface area (Å²) in [7, 11) is 0. The van der Waals surface area contributed by atoms with Gasteiger partial charge in [0.25, 0.3) is 0 Å². The lowest BCUT2D eigenvalue weighted by molar-refractivity contribution is -0.132. The first kappa shape index (κ1) is 58.7. The fourth-order valence-electron chi connectivity index (χ4n) is 6.37. The predicted octanol–water partition coefficient (Wildman–Crippen LogP) is 14.9. The van der Waals surface area contributed by atoms with E-state index in [0.717, 1.165) is 42.9 Å². The summed E-state index contributed by atoms with van der Waals surface area (Å²) in [6, 6.07) is 26.1. The summed E-state index contributed by atoms with van der Waals surface area (Å²) in [6.45, 7) is 30.5. The molecule has 6 aromatic rings. The molecular weight excluding hydrogens is 969 g/mol. The highest BCUT2D eigenvalue weighted by atomic mass is 19.1. The molecule has 0 aromatic heterocycles. The normalized spacial score (nSPS) is 10.3. The molecule has 0 atom stereocenters. The minimum absolute atomic E-state index is 0.0169. The fourth-order valence-corrected chi connectivity index (χ4v) is 6.37. The first-order valence-corrected chi connectivity index (χ1v) is 23.2. The topological polar surface area (TPSA) is 132 Å². The van der Waals surface area contributed by atoms with Crippen molar-refractivity contribution in [3.05, 3.63) is 205 Å². The number of carbonyl (C=O) groups excluding carboxylic acids is 5. The van der Waals surface area contributed by atoms with Crippen molar-refractivity contribution in [3.8, 4) is 51.0 Å². The number of fused-ring (bicyclic) bond motifs is 1. The smallest absolute Gasteiger partial charge is 0.338 e. The van der Waals surface area contributed by atoms with Gasteiger partial charge in [-0.05, 0) is 124 Å². The molecular formula is C61H56F4O10. The molecule has 0 bridgehead atoms. The van der Waals surface area contributed by atoms with Crippen LogP contribution in [0.1, 0.15) is 71.9 Å². The van der Waals surface area contributed by atoms with Crippen molar-refractivity contribution in [2.75, 3.05) is 0 Å². The van der Waals surface area contributed by atoms with Crippen LogP contribution in [0, 0.1) is 23.3 Å². The van der Waals surface area contributed by atoms with Crippen LogP contribution in [0.25, 0.3) is 39.1 Å².